The summed E-state index contributed by atoms with van der Waals surface area (Å²) in [6.45, 7) is 0. The lowest BCUT2D eigenvalue weighted by molar-refractivity contribution is 0.453. The van der Waals surface area contributed by atoms with E-state index < -0.39 is 38.1 Å². The van der Waals surface area contributed by atoms with Gasteiger partial charge in [-0.15, -0.1) is 0 Å². The number of aromatic hydroxyl groups is 1. The van der Waals surface area contributed by atoms with Crippen LogP contribution in [0.2, 0.25) is 5.02 Å². The highest BCUT2D eigenvalue weighted by molar-refractivity contribution is 14.1. The number of nitrogens with two attached hydrogens (primary N) is 1. The van der Waals surface area contributed by atoms with Gasteiger partial charge in [-0.1, -0.05) is 11.6 Å². The number of hydrogen-bond acceptors (Lipinski definition) is 5. The monoisotopic (exact) mass is 526 g/mol. The van der Waals surface area contributed by atoms with Crippen LogP contribution in [0.4, 0.5) is 20.2 Å². The quantitative estimate of drug-likeness (QED) is 0.386. The van der Waals surface area contributed by atoms with Crippen LogP contribution in [-0.2, 0) is 10.0 Å². The molecule has 1 aromatic heterocycles. The molecule has 2 aromatic carbocycles. The van der Waals surface area contributed by atoms with Crippen LogP contribution in [0.25, 0.3) is 11.1 Å². The summed E-state index contributed by atoms with van der Waals surface area (Å²) in [7, 11) is -4.57. The number of primary sulfonamides is 1. The van der Waals surface area contributed by atoms with Crippen LogP contribution in [-0.4, -0.2) is 23.7 Å². The average Bonchev–Trinajstić information content (AvgIpc) is 2.99. The Morgan fingerprint density at radius 1 is 1.22 bits per heavy atom. The van der Waals surface area contributed by atoms with Crippen molar-refractivity contribution in [2.24, 2.45) is 5.14 Å². The van der Waals surface area contributed by atoms with Gasteiger partial charge in [0.05, 0.1) is 28.2 Å². The third kappa shape index (κ3) is 3.85. The zero-order chi connectivity index (χ0) is 19.9. The number of anilines is 2. The lowest BCUT2D eigenvalue weighted by Gasteiger charge is -2.16. The van der Waals surface area contributed by atoms with Gasteiger partial charge in [-0.25, -0.2) is 27.4 Å². The molecule has 5 N–H and O–H groups in total. The second-order valence-corrected chi connectivity index (χ2v) is 8.53. The molecule has 7 nitrogen and oxygen atoms in total. The van der Waals surface area contributed by atoms with Gasteiger partial charge in [0, 0.05) is 9.13 Å². The molecule has 0 spiro atoms. The highest BCUT2D eigenvalue weighted by Crippen LogP contribution is 2.40. The number of aromatic nitrogens is 2. The molecule has 0 fully saturated rings. The Balaban J connectivity index is 2.29. The predicted molar refractivity (Wildman–Crippen MR) is 104 cm³/mol. The molecule has 0 saturated carbocycles. The maximum atomic E-state index is 14.8. The average molecular weight is 527 g/mol. The topological polar surface area (TPSA) is 121 Å². The lowest BCUT2D eigenvalue weighted by atomic mass is 10.1. The first-order valence-electron chi connectivity index (χ1n) is 7.09. The molecular weight excluding hydrogens is 517 g/mol. The minimum atomic E-state index is -4.57. The summed E-state index contributed by atoms with van der Waals surface area (Å²) in [6.07, 6.45) is 1.12. The van der Waals surface area contributed by atoms with E-state index in [1.165, 1.54) is 6.07 Å². The van der Waals surface area contributed by atoms with E-state index in [4.69, 9.17) is 16.7 Å². The largest absolute Gasteiger partial charge is 0.493 e. The van der Waals surface area contributed by atoms with Crippen LogP contribution in [0.1, 0.15) is 0 Å². The number of sulfonamides is 1. The Morgan fingerprint density at radius 2 is 1.93 bits per heavy atom. The van der Waals surface area contributed by atoms with Gasteiger partial charge in [0.15, 0.2) is 11.6 Å². The molecule has 0 aliphatic heterocycles. The Kier molecular flexibility index (Phi) is 5.29. The third-order valence-corrected chi connectivity index (χ3v) is 5.47. The van der Waals surface area contributed by atoms with Gasteiger partial charge in [0.2, 0.25) is 15.9 Å². The van der Waals surface area contributed by atoms with E-state index in [0.717, 1.165) is 15.8 Å². The second kappa shape index (κ2) is 7.22. The number of nitrogens with zero attached hydrogens (tertiary/aromatic N) is 1. The molecule has 3 aromatic rings. The summed E-state index contributed by atoms with van der Waals surface area (Å²) in [6, 6.07) is 5.61. The third-order valence-electron chi connectivity index (χ3n) is 3.58. The summed E-state index contributed by atoms with van der Waals surface area (Å²) in [4.78, 5) is -1.06. The van der Waals surface area contributed by atoms with E-state index in [0.29, 0.717) is 0 Å². The Labute approximate surface area is 170 Å². The van der Waals surface area contributed by atoms with Crippen molar-refractivity contribution in [3.8, 4) is 17.0 Å². The van der Waals surface area contributed by atoms with Gasteiger partial charge in [-0.3, -0.25) is 0 Å². The maximum Gasteiger partial charge on any atom is 0.241 e. The SMILES string of the molecule is NS(=O)(=O)c1cc(-c2cn[nH]c2O)c(Nc2ccc(I)cc2Cl)c(F)c1F. The predicted octanol–water partition coefficient (Wildman–Crippen LogP) is 3.71. The maximum absolute atomic E-state index is 14.8. The molecule has 0 radical (unpaired) electrons. The van der Waals surface area contributed by atoms with Gasteiger partial charge in [0.1, 0.15) is 4.90 Å². The van der Waals surface area contributed by atoms with Crippen molar-refractivity contribution < 1.29 is 22.3 Å². The smallest absolute Gasteiger partial charge is 0.241 e. The zero-order valence-electron chi connectivity index (χ0n) is 13.1. The van der Waals surface area contributed by atoms with Gasteiger partial charge >= 0.3 is 0 Å². The molecule has 0 bridgehead atoms. The molecule has 0 amide bonds. The molecule has 0 unspecified atom stereocenters. The van der Waals surface area contributed by atoms with E-state index >= 15 is 0 Å². The Hall–Kier alpha value is -1.96. The van der Waals surface area contributed by atoms with E-state index in [1.54, 1.807) is 12.1 Å². The van der Waals surface area contributed by atoms with Crippen molar-refractivity contribution in [2.45, 2.75) is 4.90 Å². The van der Waals surface area contributed by atoms with E-state index in [2.05, 4.69) is 15.5 Å². The Bertz CT molecular complexity index is 1150. The fraction of sp³-hybridized carbons (Fsp3) is 0. The molecule has 3 rings (SSSR count). The number of hydrogen-bond donors (Lipinski definition) is 4. The number of halogens is 4. The number of rotatable bonds is 4. The van der Waals surface area contributed by atoms with E-state index in [1.807, 2.05) is 22.6 Å². The highest BCUT2D eigenvalue weighted by atomic mass is 127. The highest BCUT2D eigenvalue weighted by Gasteiger charge is 2.27. The molecular formula is C15H10ClF2IN4O3S. The first-order valence-corrected chi connectivity index (χ1v) is 10.1. The normalized spacial score (nSPS) is 11.6. The van der Waals surface area contributed by atoms with Gasteiger partial charge in [-0.2, -0.15) is 5.10 Å². The van der Waals surface area contributed by atoms with E-state index in [-0.39, 0.29) is 21.8 Å². The van der Waals surface area contributed by atoms with Gasteiger partial charge in [-0.05, 0) is 46.9 Å². The van der Waals surface area contributed by atoms with Crippen molar-refractivity contribution in [1.82, 2.24) is 10.2 Å². The Morgan fingerprint density at radius 3 is 2.48 bits per heavy atom. The van der Waals surface area contributed by atoms with Crippen molar-refractivity contribution >= 4 is 55.6 Å². The number of aromatic amines is 1. The summed E-state index contributed by atoms with van der Waals surface area (Å²) in [5.74, 6) is -3.64. The zero-order valence-corrected chi connectivity index (χ0v) is 16.8. The molecule has 142 valence electrons. The van der Waals surface area contributed by atoms with Crippen molar-refractivity contribution in [1.29, 1.82) is 0 Å². The van der Waals surface area contributed by atoms with Crippen LogP contribution < -0.4 is 10.5 Å². The molecule has 27 heavy (non-hydrogen) atoms. The van der Waals surface area contributed by atoms with Crippen LogP contribution >= 0.6 is 34.2 Å². The molecule has 12 heteroatoms. The molecule has 0 atom stereocenters. The number of H-pyrrole nitrogens is 1. The van der Waals surface area contributed by atoms with Crippen molar-refractivity contribution in [2.75, 3.05) is 5.32 Å². The standard InChI is InChI=1S/C15H10ClF2IN4O3S/c16-9-3-6(19)1-2-10(9)22-14-7(8-5-21-23-15(8)24)4-11(27(20,25)26)12(17)13(14)18/h1-5,22H,(H2,20,25,26)(H2,21,23,24). The lowest BCUT2D eigenvalue weighted by Crippen LogP contribution is -2.16. The first kappa shape index (κ1) is 19.8. The number of benzene rings is 2. The summed E-state index contributed by atoms with van der Waals surface area (Å²) < 4.78 is 53.2. The van der Waals surface area contributed by atoms with Crippen molar-refractivity contribution in [3.05, 3.63) is 50.7 Å². The fourth-order valence-electron chi connectivity index (χ4n) is 2.35. The van der Waals surface area contributed by atoms with E-state index in [9.17, 15) is 22.3 Å². The fourth-order valence-corrected chi connectivity index (χ4v) is 3.87. The van der Waals surface area contributed by atoms with Crippen LogP contribution in [0.5, 0.6) is 5.88 Å². The first-order chi connectivity index (χ1) is 12.6. The molecule has 1 heterocycles. The van der Waals surface area contributed by atoms with Crippen LogP contribution in [0, 0.1) is 15.2 Å². The molecule has 0 aliphatic carbocycles. The molecule has 0 aliphatic rings. The van der Waals surface area contributed by atoms with Crippen LogP contribution in [0.3, 0.4) is 0 Å². The minimum Gasteiger partial charge on any atom is -0.493 e. The van der Waals surface area contributed by atoms with Gasteiger partial charge < -0.3 is 10.4 Å². The summed E-state index contributed by atoms with van der Waals surface area (Å²) in [5.41, 5.74) is -0.454. The number of nitrogens with one attached hydrogen (secondary N) is 2. The van der Waals surface area contributed by atoms with Crippen molar-refractivity contribution in [3.63, 3.8) is 0 Å². The second-order valence-electron chi connectivity index (χ2n) is 5.35. The van der Waals surface area contributed by atoms with Crippen LogP contribution in [0.15, 0.2) is 35.4 Å². The molecule has 0 saturated heterocycles. The summed E-state index contributed by atoms with van der Waals surface area (Å²) >= 11 is 8.14. The minimum absolute atomic E-state index is 0.0667. The summed E-state index contributed by atoms with van der Waals surface area (Å²) in [5, 5.41) is 23.5. The van der Waals surface area contributed by atoms with Gasteiger partial charge in [0.25, 0.3) is 0 Å².